The molecule has 2 rings (SSSR count). The van der Waals surface area contributed by atoms with Gasteiger partial charge in [-0.2, -0.15) is 0 Å². The molecular weight excluding hydrogens is 226 g/mol. The Balaban J connectivity index is 1.82. The molecule has 0 amide bonds. The van der Waals surface area contributed by atoms with Crippen LogP contribution in [0.25, 0.3) is 0 Å². The smallest absolute Gasteiger partial charge is 0.117 e. The number of ether oxygens (including phenoxy) is 1. The van der Waals surface area contributed by atoms with E-state index in [0.717, 1.165) is 39.3 Å². The second kappa shape index (κ2) is 7.10. The van der Waals surface area contributed by atoms with Crippen LogP contribution in [-0.2, 0) is 4.74 Å². The molecule has 18 heavy (non-hydrogen) atoms. The third-order valence-corrected chi connectivity index (χ3v) is 3.97. The maximum Gasteiger partial charge on any atom is 0.117 e. The highest BCUT2D eigenvalue weighted by Gasteiger charge is 2.38. The van der Waals surface area contributed by atoms with Crippen LogP contribution in [0.1, 0.15) is 45.4 Å². The fraction of sp³-hybridized carbons (Fsp3) is 0.929. The van der Waals surface area contributed by atoms with Crippen molar-refractivity contribution in [1.29, 1.82) is 0 Å². The van der Waals surface area contributed by atoms with Crippen LogP contribution in [0.2, 0.25) is 0 Å². The molecule has 0 unspecified atom stereocenters. The summed E-state index contributed by atoms with van der Waals surface area (Å²) in [5.74, 6) is 1.21. The minimum atomic E-state index is 0.169. The number of aliphatic imine (C=N–C) groups is 1. The average molecular weight is 253 g/mol. The summed E-state index contributed by atoms with van der Waals surface area (Å²) in [7, 11) is 0. The molecule has 1 spiro atoms. The van der Waals surface area contributed by atoms with Crippen LogP contribution in [0.15, 0.2) is 4.99 Å². The van der Waals surface area contributed by atoms with E-state index in [0.29, 0.717) is 0 Å². The zero-order chi connectivity index (χ0) is 12.7. The zero-order valence-electron chi connectivity index (χ0n) is 11.6. The molecule has 4 nitrogen and oxygen atoms in total. The van der Waals surface area contributed by atoms with E-state index in [1.54, 1.807) is 0 Å². The average Bonchev–Trinajstić information content (AvgIpc) is 2.42. The second-order valence-electron chi connectivity index (χ2n) is 5.28. The largest absolute Gasteiger partial charge is 0.382 e. The van der Waals surface area contributed by atoms with E-state index in [1.807, 2.05) is 6.92 Å². The Bertz CT molecular complexity index is 272. The van der Waals surface area contributed by atoms with Crippen molar-refractivity contribution < 1.29 is 4.74 Å². The minimum absolute atomic E-state index is 0.169. The fourth-order valence-corrected chi connectivity index (χ4v) is 3.02. The number of hydrogen-bond acceptors (Lipinski definition) is 4. The molecule has 2 aliphatic rings. The lowest BCUT2D eigenvalue weighted by Gasteiger charge is -2.41. The molecule has 1 fully saturated rings. The first-order valence-electron chi connectivity index (χ1n) is 7.49. The van der Waals surface area contributed by atoms with Gasteiger partial charge in [0, 0.05) is 26.3 Å². The van der Waals surface area contributed by atoms with Crippen molar-refractivity contribution >= 4 is 5.84 Å². The molecular formula is C14H27N3O. The molecule has 1 heterocycles. The predicted octanol–water partition coefficient (Wildman–Crippen LogP) is 1.71. The summed E-state index contributed by atoms with van der Waals surface area (Å²) in [5.41, 5.74) is 0.169. The van der Waals surface area contributed by atoms with Crippen molar-refractivity contribution in [2.75, 3.05) is 32.8 Å². The summed E-state index contributed by atoms with van der Waals surface area (Å²) >= 11 is 0. The van der Waals surface area contributed by atoms with Crippen molar-refractivity contribution in [1.82, 2.24) is 10.6 Å². The standard InChI is InChI=1S/C14H27N3O/c1-2-18-12-6-9-15-13-14(17-11-10-16-13)7-4-3-5-8-14/h17H,2-12H2,1H3,(H,15,16). The lowest BCUT2D eigenvalue weighted by atomic mass is 9.79. The molecule has 1 saturated carbocycles. The zero-order valence-corrected chi connectivity index (χ0v) is 11.6. The summed E-state index contributed by atoms with van der Waals surface area (Å²) in [6.07, 6.45) is 7.57. The van der Waals surface area contributed by atoms with Gasteiger partial charge in [-0.3, -0.25) is 4.99 Å². The van der Waals surface area contributed by atoms with Crippen LogP contribution in [0.5, 0.6) is 0 Å². The maximum atomic E-state index is 5.36. The first kappa shape index (κ1) is 13.8. The number of hydrogen-bond donors (Lipinski definition) is 2. The highest BCUT2D eigenvalue weighted by molar-refractivity contribution is 5.92. The van der Waals surface area contributed by atoms with Gasteiger partial charge in [-0.1, -0.05) is 19.3 Å². The minimum Gasteiger partial charge on any atom is -0.382 e. The van der Waals surface area contributed by atoms with Crippen LogP contribution in [-0.4, -0.2) is 44.2 Å². The van der Waals surface area contributed by atoms with Gasteiger partial charge < -0.3 is 15.4 Å². The normalized spacial score (nSPS) is 22.8. The summed E-state index contributed by atoms with van der Waals surface area (Å²) in [5, 5.41) is 7.26. The molecule has 1 aliphatic carbocycles. The second-order valence-corrected chi connectivity index (χ2v) is 5.28. The Morgan fingerprint density at radius 1 is 1.33 bits per heavy atom. The van der Waals surface area contributed by atoms with E-state index in [2.05, 4.69) is 10.6 Å². The van der Waals surface area contributed by atoms with Gasteiger partial charge in [-0.15, -0.1) is 0 Å². The molecule has 0 atom stereocenters. The fourth-order valence-electron chi connectivity index (χ4n) is 3.02. The van der Waals surface area contributed by atoms with Crippen LogP contribution >= 0.6 is 0 Å². The lowest BCUT2D eigenvalue weighted by Crippen LogP contribution is -2.61. The Labute approximate surface area is 111 Å². The summed E-state index contributed by atoms with van der Waals surface area (Å²) in [6, 6.07) is 0. The van der Waals surface area contributed by atoms with Crippen molar-refractivity contribution in [3.63, 3.8) is 0 Å². The Hall–Kier alpha value is -0.610. The maximum absolute atomic E-state index is 5.36. The van der Waals surface area contributed by atoms with Gasteiger partial charge in [0.2, 0.25) is 0 Å². The van der Waals surface area contributed by atoms with Crippen molar-refractivity contribution in [3.05, 3.63) is 0 Å². The molecule has 0 aromatic carbocycles. The van der Waals surface area contributed by atoms with E-state index >= 15 is 0 Å². The first-order valence-corrected chi connectivity index (χ1v) is 7.49. The van der Waals surface area contributed by atoms with Crippen LogP contribution in [0.3, 0.4) is 0 Å². The first-order chi connectivity index (χ1) is 8.87. The third-order valence-electron chi connectivity index (χ3n) is 3.97. The number of rotatable bonds is 5. The van der Waals surface area contributed by atoms with E-state index < -0.39 is 0 Å². The van der Waals surface area contributed by atoms with Crippen molar-refractivity contribution in [2.45, 2.75) is 51.0 Å². The molecule has 0 saturated heterocycles. The molecule has 1 aliphatic heterocycles. The predicted molar refractivity (Wildman–Crippen MR) is 75.2 cm³/mol. The van der Waals surface area contributed by atoms with Crippen molar-refractivity contribution in [2.24, 2.45) is 4.99 Å². The Morgan fingerprint density at radius 2 is 2.17 bits per heavy atom. The van der Waals surface area contributed by atoms with E-state index in [9.17, 15) is 0 Å². The van der Waals surface area contributed by atoms with E-state index in [1.165, 1.54) is 37.9 Å². The molecule has 104 valence electrons. The number of nitrogens with zero attached hydrogens (tertiary/aromatic N) is 1. The lowest BCUT2D eigenvalue weighted by molar-refractivity contribution is 0.145. The quantitative estimate of drug-likeness (QED) is 0.733. The highest BCUT2D eigenvalue weighted by atomic mass is 16.5. The summed E-state index contributed by atoms with van der Waals surface area (Å²) in [4.78, 5) is 4.73. The molecule has 0 aromatic rings. The van der Waals surface area contributed by atoms with E-state index in [-0.39, 0.29) is 5.54 Å². The topological polar surface area (TPSA) is 45.6 Å². The van der Waals surface area contributed by atoms with Gasteiger partial charge >= 0.3 is 0 Å². The number of nitrogens with one attached hydrogen (secondary N) is 2. The van der Waals surface area contributed by atoms with Gasteiger partial charge in [0.05, 0.1) is 12.1 Å². The molecule has 4 heteroatoms. The summed E-state index contributed by atoms with van der Waals surface area (Å²) < 4.78 is 5.36. The monoisotopic (exact) mass is 253 g/mol. The molecule has 2 N–H and O–H groups in total. The Morgan fingerprint density at radius 3 is 2.94 bits per heavy atom. The molecule has 0 aromatic heterocycles. The van der Waals surface area contributed by atoms with Gasteiger partial charge in [-0.05, 0) is 26.2 Å². The third kappa shape index (κ3) is 3.45. The van der Waals surface area contributed by atoms with E-state index in [4.69, 9.17) is 9.73 Å². The Kier molecular flexibility index (Phi) is 5.45. The highest BCUT2D eigenvalue weighted by Crippen LogP contribution is 2.30. The number of amidine groups is 1. The van der Waals surface area contributed by atoms with Crippen molar-refractivity contribution in [3.8, 4) is 0 Å². The van der Waals surface area contributed by atoms with Gasteiger partial charge in [0.15, 0.2) is 0 Å². The SMILES string of the molecule is CCOCCCNC1=NCCNC12CCCCC2. The summed E-state index contributed by atoms with van der Waals surface area (Å²) in [6.45, 7) is 6.62. The van der Waals surface area contributed by atoms with Crippen LogP contribution in [0.4, 0.5) is 0 Å². The van der Waals surface area contributed by atoms with Crippen LogP contribution < -0.4 is 10.6 Å². The molecule has 0 radical (unpaired) electrons. The van der Waals surface area contributed by atoms with Crippen LogP contribution in [0, 0.1) is 0 Å². The van der Waals surface area contributed by atoms with Gasteiger partial charge in [-0.25, -0.2) is 0 Å². The van der Waals surface area contributed by atoms with Gasteiger partial charge in [0.1, 0.15) is 5.84 Å². The molecule has 0 bridgehead atoms. The van der Waals surface area contributed by atoms with Gasteiger partial charge in [0.25, 0.3) is 0 Å².